The molecule has 0 aliphatic heterocycles. The maximum absolute atomic E-state index is 12.3. The highest BCUT2D eigenvalue weighted by Crippen LogP contribution is 2.30. The van der Waals surface area contributed by atoms with Gasteiger partial charge in [-0.15, -0.1) is 11.3 Å². The maximum atomic E-state index is 12.3. The van der Waals surface area contributed by atoms with Gasteiger partial charge in [0.1, 0.15) is 5.01 Å². The molecule has 6 heteroatoms. The fourth-order valence-corrected chi connectivity index (χ4v) is 4.35. The number of carbonyl (C=O) groups excluding carboxylic acids is 1. The number of thiazole rings is 1. The molecule has 5 nitrogen and oxygen atoms in total. The number of nitrogens with zero attached hydrogens (tertiary/aromatic N) is 1. The number of ether oxygens (including phenoxy) is 2. The van der Waals surface area contributed by atoms with E-state index in [2.05, 4.69) is 41.9 Å². The van der Waals surface area contributed by atoms with Crippen LogP contribution in [0.5, 0.6) is 11.5 Å². The largest absolute Gasteiger partial charge is 0.493 e. The third-order valence-electron chi connectivity index (χ3n) is 5.43. The van der Waals surface area contributed by atoms with Crippen molar-refractivity contribution in [2.45, 2.75) is 20.4 Å². The lowest BCUT2D eigenvalue weighted by Crippen LogP contribution is -2.20. The van der Waals surface area contributed by atoms with Crippen molar-refractivity contribution in [1.29, 1.82) is 0 Å². The molecule has 178 valence electrons. The number of carbonyl (C=O) groups is 1. The number of amides is 1. The fraction of sp³-hybridized carbons (Fsp3) is 0.172. The van der Waals surface area contributed by atoms with Crippen LogP contribution in [0.25, 0.3) is 27.9 Å². The van der Waals surface area contributed by atoms with Gasteiger partial charge in [-0.2, -0.15) is 0 Å². The van der Waals surface area contributed by atoms with E-state index >= 15 is 0 Å². The zero-order chi connectivity index (χ0) is 24.6. The van der Waals surface area contributed by atoms with E-state index in [9.17, 15) is 4.79 Å². The second-order valence-corrected chi connectivity index (χ2v) is 8.85. The standard InChI is InChI=1S/C29H28N2O3S/c1-4-34-26-15-9-21(17-27(26)33-3)10-16-28(32)30-18-22-7-13-24(14-8-22)29-31-25(19-35-29)23-11-5-20(2)6-12-23/h5-17,19H,4,18H2,1-3H3,(H,30,32)/b16-10+. The minimum atomic E-state index is -0.162. The Morgan fingerprint density at radius 2 is 1.74 bits per heavy atom. The van der Waals surface area contributed by atoms with Gasteiger partial charge in [0.2, 0.25) is 5.91 Å². The van der Waals surface area contributed by atoms with E-state index in [4.69, 9.17) is 14.5 Å². The average molecular weight is 485 g/mol. The summed E-state index contributed by atoms with van der Waals surface area (Å²) in [5.41, 5.74) is 6.28. The molecule has 0 atom stereocenters. The van der Waals surface area contributed by atoms with Gasteiger partial charge in [-0.3, -0.25) is 4.79 Å². The van der Waals surface area contributed by atoms with E-state index in [1.807, 2.05) is 49.4 Å². The van der Waals surface area contributed by atoms with Crippen LogP contribution in [-0.2, 0) is 11.3 Å². The molecule has 1 heterocycles. The number of methoxy groups -OCH3 is 1. The van der Waals surface area contributed by atoms with Gasteiger partial charge in [0, 0.05) is 29.1 Å². The minimum Gasteiger partial charge on any atom is -0.493 e. The molecule has 3 aromatic carbocycles. The molecule has 1 aromatic heterocycles. The van der Waals surface area contributed by atoms with Crippen LogP contribution in [0.1, 0.15) is 23.6 Å². The molecular formula is C29H28N2O3S. The van der Waals surface area contributed by atoms with Crippen molar-refractivity contribution in [2.75, 3.05) is 13.7 Å². The summed E-state index contributed by atoms with van der Waals surface area (Å²) in [6.07, 6.45) is 3.27. The van der Waals surface area contributed by atoms with Gasteiger partial charge < -0.3 is 14.8 Å². The Bertz CT molecular complexity index is 1310. The molecule has 0 aliphatic rings. The predicted octanol–water partition coefficient (Wildman–Crippen LogP) is 6.52. The monoisotopic (exact) mass is 484 g/mol. The molecule has 0 radical (unpaired) electrons. The molecule has 1 amide bonds. The predicted molar refractivity (Wildman–Crippen MR) is 143 cm³/mol. The van der Waals surface area contributed by atoms with Crippen LogP contribution in [0.2, 0.25) is 0 Å². The SMILES string of the molecule is CCOc1ccc(/C=C/C(=O)NCc2ccc(-c3nc(-c4ccc(C)cc4)cs3)cc2)cc1OC. The van der Waals surface area contributed by atoms with Crippen molar-refractivity contribution >= 4 is 23.3 Å². The van der Waals surface area contributed by atoms with Crippen LogP contribution < -0.4 is 14.8 Å². The van der Waals surface area contributed by atoms with Crippen molar-refractivity contribution in [2.24, 2.45) is 0 Å². The van der Waals surface area contributed by atoms with Crippen molar-refractivity contribution in [3.63, 3.8) is 0 Å². The number of hydrogen-bond donors (Lipinski definition) is 1. The number of benzene rings is 3. The molecule has 0 aliphatic carbocycles. The van der Waals surface area contributed by atoms with Gasteiger partial charge >= 0.3 is 0 Å². The number of aryl methyl sites for hydroxylation is 1. The Hall–Kier alpha value is -3.90. The van der Waals surface area contributed by atoms with Crippen molar-refractivity contribution in [3.8, 4) is 33.3 Å². The Morgan fingerprint density at radius 1 is 1.00 bits per heavy atom. The van der Waals surface area contributed by atoms with Crippen LogP contribution in [0, 0.1) is 6.92 Å². The van der Waals surface area contributed by atoms with Gasteiger partial charge in [0.15, 0.2) is 11.5 Å². The van der Waals surface area contributed by atoms with Gasteiger partial charge in [0.05, 0.1) is 19.4 Å². The molecule has 1 N–H and O–H groups in total. The molecule has 35 heavy (non-hydrogen) atoms. The third-order valence-corrected chi connectivity index (χ3v) is 6.33. The lowest BCUT2D eigenvalue weighted by molar-refractivity contribution is -0.116. The second kappa shape index (κ2) is 11.5. The Labute approximate surface area is 210 Å². The van der Waals surface area contributed by atoms with Crippen molar-refractivity contribution in [1.82, 2.24) is 10.3 Å². The van der Waals surface area contributed by atoms with E-state index in [1.165, 1.54) is 11.6 Å². The summed E-state index contributed by atoms with van der Waals surface area (Å²) in [6.45, 7) is 5.01. The second-order valence-electron chi connectivity index (χ2n) is 8.00. The Kier molecular flexibility index (Phi) is 7.95. The number of nitrogens with one attached hydrogen (secondary N) is 1. The van der Waals surface area contributed by atoms with Gasteiger partial charge in [0.25, 0.3) is 0 Å². The highest BCUT2D eigenvalue weighted by Gasteiger charge is 2.08. The van der Waals surface area contributed by atoms with E-state index in [1.54, 1.807) is 24.5 Å². The molecular weight excluding hydrogens is 456 g/mol. The number of rotatable bonds is 9. The highest BCUT2D eigenvalue weighted by atomic mass is 32.1. The summed E-state index contributed by atoms with van der Waals surface area (Å²) in [5, 5.41) is 5.98. The van der Waals surface area contributed by atoms with Crippen LogP contribution in [-0.4, -0.2) is 24.6 Å². The Balaban J connectivity index is 1.33. The van der Waals surface area contributed by atoms with Gasteiger partial charge in [-0.05, 0) is 43.2 Å². The molecule has 0 bridgehead atoms. The van der Waals surface area contributed by atoms with Crippen LogP contribution in [0.3, 0.4) is 0 Å². The molecule has 4 aromatic rings. The zero-order valence-electron chi connectivity index (χ0n) is 20.1. The number of aromatic nitrogens is 1. The summed E-state index contributed by atoms with van der Waals surface area (Å²) >= 11 is 1.63. The van der Waals surface area contributed by atoms with Gasteiger partial charge in [-0.25, -0.2) is 4.98 Å². The lowest BCUT2D eigenvalue weighted by Gasteiger charge is -2.09. The summed E-state index contributed by atoms with van der Waals surface area (Å²) in [4.78, 5) is 17.1. The lowest BCUT2D eigenvalue weighted by atomic mass is 10.1. The quantitative estimate of drug-likeness (QED) is 0.275. The smallest absolute Gasteiger partial charge is 0.244 e. The topological polar surface area (TPSA) is 60.5 Å². The normalized spacial score (nSPS) is 10.9. The van der Waals surface area contributed by atoms with E-state index < -0.39 is 0 Å². The summed E-state index contributed by atoms with van der Waals surface area (Å²) in [6, 6.07) is 22.1. The van der Waals surface area contributed by atoms with Gasteiger partial charge in [-0.1, -0.05) is 60.2 Å². The first-order chi connectivity index (χ1) is 17.1. The Morgan fingerprint density at radius 3 is 2.46 bits per heavy atom. The molecule has 4 rings (SSSR count). The van der Waals surface area contributed by atoms with E-state index in [0.29, 0.717) is 24.7 Å². The molecule has 0 fully saturated rings. The third kappa shape index (κ3) is 6.37. The summed E-state index contributed by atoms with van der Waals surface area (Å²) in [7, 11) is 1.60. The zero-order valence-corrected chi connectivity index (χ0v) is 20.9. The first-order valence-electron chi connectivity index (χ1n) is 11.4. The minimum absolute atomic E-state index is 0.162. The number of hydrogen-bond acceptors (Lipinski definition) is 5. The maximum Gasteiger partial charge on any atom is 0.244 e. The van der Waals surface area contributed by atoms with Crippen LogP contribution >= 0.6 is 11.3 Å². The summed E-state index contributed by atoms with van der Waals surface area (Å²) < 4.78 is 10.9. The van der Waals surface area contributed by atoms with E-state index in [0.717, 1.165) is 33.0 Å². The molecule has 0 spiro atoms. The van der Waals surface area contributed by atoms with Crippen LogP contribution in [0.4, 0.5) is 0 Å². The van der Waals surface area contributed by atoms with Crippen molar-refractivity contribution < 1.29 is 14.3 Å². The van der Waals surface area contributed by atoms with E-state index in [-0.39, 0.29) is 5.91 Å². The fourth-order valence-electron chi connectivity index (χ4n) is 3.51. The average Bonchev–Trinajstić information content (AvgIpc) is 3.38. The van der Waals surface area contributed by atoms with Crippen molar-refractivity contribution in [3.05, 3.63) is 94.9 Å². The molecule has 0 saturated heterocycles. The highest BCUT2D eigenvalue weighted by molar-refractivity contribution is 7.13. The first kappa shape index (κ1) is 24.2. The first-order valence-corrected chi connectivity index (χ1v) is 12.3. The van der Waals surface area contributed by atoms with Crippen LogP contribution in [0.15, 0.2) is 78.2 Å². The summed E-state index contributed by atoms with van der Waals surface area (Å²) in [5.74, 6) is 1.16. The molecule has 0 unspecified atom stereocenters. The molecule has 0 saturated carbocycles.